The maximum Gasteiger partial charge on any atom is 0.228 e. The van der Waals surface area contributed by atoms with Crippen LogP contribution in [-0.4, -0.2) is 59.5 Å². The van der Waals surface area contributed by atoms with E-state index < -0.39 is 0 Å². The van der Waals surface area contributed by atoms with Crippen molar-refractivity contribution >= 4 is 29.3 Å². The summed E-state index contributed by atoms with van der Waals surface area (Å²) in [5.74, 6) is 1.85. The number of anilines is 1. The zero-order chi connectivity index (χ0) is 18.5. The van der Waals surface area contributed by atoms with Gasteiger partial charge in [-0.05, 0) is 30.9 Å². The number of halogens is 1. The van der Waals surface area contributed by atoms with Gasteiger partial charge in [0.1, 0.15) is 0 Å². The molecule has 3 heterocycles. The highest BCUT2D eigenvalue weighted by Crippen LogP contribution is 2.27. The average molecular weight is 409 g/mol. The summed E-state index contributed by atoms with van der Waals surface area (Å²) >= 11 is 8.01. The minimum absolute atomic E-state index is 0.253. The molecule has 1 atom stereocenters. The molecule has 0 radical (unpaired) electrons. The number of morpholine rings is 1. The van der Waals surface area contributed by atoms with Gasteiger partial charge in [0, 0.05) is 30.5 Å². The Hall–Kier alpha value is -1.28. The standard InChI is InChI=1S/C19H25ClN4O2S/c20-17-6-2-1-4-15(17)7-13-27-19-22-21-18(23-8-11-25-12-9-23)24(19)14-16-5-3-10-26-16/h1-2,4,6,16H,3,5,7-14H2. The summed E-state index contributed by atoms with van der Waals surface area (Å²) in [6.45, 7) is 4.86. The predicted octanol–water partition coefficient (Wildman–Crippen LogP) is 3.28. The number of benzene rings is 1. The lowest BCUT2D eigenvalue weighted by molar-refractivity contribution is 0.0942. The van der Waals surface area contributed by atoms with Crippen LogP contribution in [-0.2, 0) is 22.4 Å². The first-order valence-corrected chi connectivity index (χ1v) is 10.9. The van der Waals surface area contributed by atoms with Crippen LogP contribution in [0, 0.1) is 0 Å². The van der Waals surface area contributed by atoms with Gasteiger partial charge in [-0.1, -0.05) is 41.6 Å². The molecule has 4 rings (SSSR count). The number of hydrogen-bond donors (Lipinski definition) is 0. The summed E-state index contributed by atoms with van der Waals surface area (Å²) in [5.41, 5.74) is 1.17. The summed E-state index contributed by atoms with van der Waals surface area (Å²) < 4.78 is 13.6. The molecule has 27 heavy (non-hydrogen) atoms. The molecule has 8 heteroatoms. The average Bonchev–Trinajstić information content (AvgIpc) is 3.35. The fourth-order valence-corrected chi connectivity index (χ4v) is 4.64. The number of aryl methyl sites for hydroxylation is 1. The highest BCUT2D eigenvalue weighted by atomic mass is 35.5. The van der Waals surface area contributed by atoms with E-state index in [2.05, 4.69) is 25.7 Å². The highest BCUT2D eigenvalue weighted by molar-refractivity contribution is 7.99. The summed E-state index contributed by atoms with van der Waals surface area (Å²) in [7, 11) is 0. The predicted molar refractivity (Wildman–Crippen MR) is 108 cm³/mol. The molecule has 0 amide bonds. The molecule has 1 aromatic heterocycles. The number of ether oxygens (including phenoxy) is 2. The number of thioether (sulfide) groups is 1. The van der Waals surface area contributed by atoms with Crippen LogP contribution in [0.3, 0.4) is 0 Å². The lowest BCUT2D eigenvalue weighted by Gasteiger charge is -2.28. The lowest BCUT2D eigenvalue weighted by atomic mass is 10.2. The number of hydrogen-bond acceptors (Lipinski definition) is 6. The molecule has 0 saturated carbocycles. The van der Waals surface area contributed by atoms with Gasteiger partial charge in [0.25, 0.3) is 0 Å². The number of rotatable bonds is 7. The van der Waals surface area contributed by atoms with E-state index in [-0.39, 0.29) is 6.10 Å². The van der Waals surface area contributed by atoms with Gasteiger partial charge in [-0.25, -0.2) is 0 Å². The molecule has 1 unspecified atom stereocenters. The summed E-state index contributed by atoms with van der Waals surface area (Å²) in [4.78, 5) is 2.27. The van der Waals surface area contributed by atoms with Crippen LogP contribution >= 0.6 is 23.4 Å². The molecule has 1 aromatic carbocycles. The van der Waals surface area contributed by atoms with E-state index in [0.29, 0.717) is 0 Å². The second-order valence-electron chi connectivity index (χ2n) is 6.82. The maximum absolute atomic E-state index is 6.28. The molecule has 0 bridgehead atoms. The Morgan fingerprint density at radius 1 is 1.15 bits per heavy atom. The smallest absolute Gasteiger partial charge is 0.228 e. The Kier molecular flexibility index (Phi) is 6.55. The summed E-state index contributed by atoms with van der Waals surface area (Å²) in [6, 6.07) is 8.02. The molecule has 6 nitrogen and oxygen atoms in total. The van der Waals surface area contributed by atoms with E-state index in [1.165, 1.54) is 5.56 Å². The molecule has 0 N–H and O–H groups in total. The van der Waals surface area contributed by atoms with Gasteiger partial charge < -0.3 is 14.4 Å². The number of nitrogens with zero attached hydrogens (tertiary/aromatic N) is 4. The van der Waals surface area contributed by atoms with E-state index >= 15 is 0 Å². The summed E-state index contributed by atoms with van der Waals surface area (Å²) in [6.07, 6.45) is 3.40. The van der Waals surface area contributed by atoms with Crippen molar-refractivity contribution in [3.05, 3.63) is 34.9 Å². The van der Waals surface area contributed by atoms with Gasteiger partial charge in [-0.3, -0.25) is 4.57 Å². The largest absolute Gasteiger partial charge is 0.378 e. The van der Waals surface area contributed by atoms with E-state index in [9.17, 15) is 0 Å². The van der Waals surface area contributed by atoms with Crippen molar-refractivity contribution in [1.82, 2.24) is 14.8 Å². The Morgan fingerprint density at radius 2 is 2.00 bits per heavy atom. The van der Waals surface area contributed by atoms with Crippen LogP contribution in [0.1, 0.15) is 18.4 Å². The van der Waals surface area contributed by atoms with Crippen molar-refractivity contribution in [2.75, 3.05) is 43.6 Å². The molecule has 0 aliphatic carbocycles. The van der Waals surface area contributed by atoms with Crippen LogP contribution in [0.5, 0.6) is 0 Å². The zero-order valence-electron chi connectivity index (χ0n) is 15.3. The Balaban J connectivity index is 1.46. The van der Waals surface area contributed by atoms with Crippen molar-refractivity contribution in [1.29, 1.82) is 0 Å². The van der Waals surface area contributed by atoms with E-state index in [0.717, 1.165) is 80.6 Å². The molecule has 146 valence electrons. The van der Waals surface area contributed by atoms with Crippen LogP contribution in [0.25, 0.3) is 0 Å². The first-order chi connectivity index (χ1) is 13.3. The van der Waals surface area contributed by atoms with Crippen LogP contribution in [0.15, 0.2) is 29.4 Å². The molecule has 2 aromatic rings. The summed E-state index contributed by atoms with van der Waals surface area (Å²) in [5, 5.41) is 10.8. The van der Waals surface area contributed by atoms with E-state index in [1.807, 2.05) is 18.2 Å². The Bertz CT molecular complexity index is 745. The Labute approximate surface area is 169 Å². The number of aromatic nitrogens is 3. The molecule has 2 saturated heterocycles. The Morgan fingerprint density at radius 3 is 2.78 bits per heavy atom. The van der Waals surface area contributed by atoms with Crippen molar-refractivity contribution in [2.24, 2.45) is 0 Å². The third kappa shape index (κ3) is 4.77. The van der Waals surface area contributed by atoms with Gasteiger partial charge in [-0.2, -0.15) is 0 Å². The highest BCUT2D eigenvalue weighted by Gasteiger charge is 2.24. The van der Waals surface area contributed by atoms with Crippen LogP contribution in [0.2, 0.25) is 5.02 Å². The van der Waals surface area contributed by atoms with Gasteiger partial charge >= 0.3 is 0 Å². The fourth-order valence-electron chi connectivity index (χ4n) is 3.49. The van der Waals surface area contributed by atoms with Gasteiger partial charge in [-0.15, -0.1) is 10.2 Å². The quantitative estimate of drug-likeness (QED) is 0.655. The first kappa shape index (κ1) is 19.1. The maximum atomic E-state index is 6.28. The molecule has 0 spiro atoms. The van der Waals surface area contributed by atoms with Gasteiger partial charge in [0.2, 0.25) is 5.95 Å². The molecule has 2 fully saturated rings. The van der Waals surface area contributed by atoms with E-state index in [1.54, 1.807) is 11.8 Å². The van der Waals surface area contributed by atoms with Crippen molar-refractivity contribution in [3.63, 3.8) is 0 Å². The minimum Gasteiger partial charge on any atom is -0.378 e. The molecular formula is C19H25ClN4O2S. The van der Waals surface area contributed by atoms with E-state index in [4.69, 9.17) is 21.1 Å². The SMILES string of the molecule is Clc1ccccc1CCSc1nnc(N2CCOCC2)n1CC1CCCO1. The van der Waals surface area contributed by atoms with Crippen molar-refractivity contribution in [3.8, 4) is 0 Å². The van der Waals surface area contributed by atoms with Crippen LogP contribution in [0.4, 0.5) is 5.95 Å². The van der Waals surface area contributed by atoms with Gasteiger partial charge in [0.05, 0.1) is 25.9 Å². The fraction of sp³-hybridized carbons (Fsp3) is 0.579. The second-order valence-corrected chi connectivity index (χ2v) is 8.29. The minimum atomic E-state index is 0.253. The van der Waals surface area contributed by atoms with Gasteiger partial charge in [0.15, 0.2) is 5.16 Å². The normalized spacial score (nSPS) is 20.3. The molecule has 2 aliphatic heterocycles. The molecular weight excluding hydrogens is 384 g/mol. The zero-order valence-corrected chi connectivity index (χ0v) is 16.9. The third-order valence-corrected chi connectivity index (χ3v) is 6.30. The van der Waals surface area contributed by atoms with Crippen molar-refractivity contribution in [2.45, 2.75) is 37.1 Å². The topological polar surface area (TPSA) is 52.4 Å². The van der Waals surface area contributed by atoms with Crippen molar-refractivity contribution < 1.29 is 9.47 Å². The lowest BCUT2D eigenvalue weighted by Crippen LogP contribution is -2.38. The van der Waals surface area contributed by atoms with Crippen LogP contribution < -0.4 is 4.90 Å². The monoisotopic (exact) mass is 408 g/mol. The second kappa shape index (κ2) is 9.28. The first-order valence-electron chi connectivity index (χ1n) is 9.55. The third-order valence-electron chi connectivity index (χ3n) is 4.96. The molecule has 2 aliphatic rings.